The van der Waals surface area contributed by atoms with Gasteiger partial charge in [0, 0.05) is 11.6 Å². The standard InChI is InChI=1S/C19H15FN2O4/c1-11-3-5-12(6-4-11)15-10-17(26-22-15)18(23)21-16-9-13(19(24)25-2)7-8-14(16)20/h3-10H,1-2H3,(H,21,23). The molecule has 0 aliphatic carbocycles. The molecule has 7 heteroatoms. The number of nitrogens with one attached hydrogen (secondary N) is 1. The molecule has 1 N–H and O–H groups in total. The maximum Gasteiger partial charge on any atom is 0.337 e. The summed E-state index contributed by atoms with van der Waals surface area (Å²) in [6.45, 7) is 1.96. The Morgan fingerprint density at radius 2 is 1.85 bits per heavy atom. The van der Waals surface area contributed by atoms with E-state index in [4.69, 9.17) is 4.52 Å². The van der Waals surface area contributed by atoms with Crippen LogP contribution >= 0.6 is 0 Å². The van der Waals surface area contributed by atoms with E-state index >= 15 is 0 Å². The average molecular weight is 354 g/mol. The maximum absolute atomic E-state index is 13.9. The number of aryl methyl sites for hydroxylation is 1. The van der Waals surface area contributed by atoms with Crippen molar-refractivity contribution in [3.8, 4) is 11.3 Å². The molecule has 0 saturated heterocycles. The molecule has 1 amide bonds. The Morgan fingerprint density at radius 3 is 2.54 bits per heavy atom. The SMILES string of the molecule is COC(=O)c1ccc(F)c(NC(=O)c2cc(-c3ccc(C)cc3)no2)c1. The van der Waals surface area contributed by atoms with Gasteiger partial charge in [-0.1, -0.05) is 35.0 Å². The van der Waals surface area contributed by atoms with Crippen LogP contribution < -0.4 is 5.32 Å². The molecule has 0 atom stereocenters. The molecule has 1 aromatic heterocycles. The number of amides is 1. The summed E-state index contributed by atoms with van der Waals surface area (Å²) in [5, 5.41) is 6.22. The molecule has 0 bridgehead atoms. The minimum Gasteiger partial charge on any atom is -0.465 e. The molecule has 0 radical (unpaired) electrons. The number of esters is 1. The first-order valence-electron chi connectivity index (χ1n) is 7.71. The number of rotatable bonds is 4. The smallest absolute Gasteiger partial charge is 0.337 e. The molecule has 26 heavy (non-hydrogen) atoms. The summed E-state index contributed by atoms with van der Waals surface area (Å²) in [6, 6.07) is 12.5. The van der Waals surface area contributed by atoms with Gasteiger partial charge in [0.05, 0.1) is 18.4 Å². The second kappa shape index (κ2) is 7.18. The van der Waals surface area contributed by atoms with Gasteiger partial charge in [-0.05, 0) is 25.1 Å². The number of hydrogen-bond acceptors (Lipinski definition) is 5. The molecular formula is C19H15FN2O4. The lowest BCUT2D eigenvalue weighted by atomic mass is 10.1. The summed E-state index contributed by atoms with van der Waals surface area (Å²) in [6.07, 6.45) is 0. The largest absolute Gasteiger partial charge is 0.465 e. The van der Waals surface area contributed by atoms with Gasteiger partial charge in [0.15, 0.2) is 0 Å². The van der Waals surface area contributed by atoms with Gasteiger partial charge in [0.2, 0.25) is 5.76 Å². The van der Waals surface area contributed by atoms with Gasteiger partial charge in [-0.15, -0.1) is 0 Å². The van der Waals surface area contributed by atoms with E-state index in [9.17, 15) is 14.0 Å². The van der Waals surface area contributed by atoms with Crippen LogP contribution in [0.15, 0.2) is 53.1 Å². The molecule has 0 spiro atoms. The first-order valence-corrected chi connectivity index (χ1v) is 7.71. The van der Waals surface area contributed by atoms with Gasteiger partial charge in [0.1, 0.15) is 11.5 Å². The summed E-state index contributed by atoms with van der Waals surface area (Å²) < 4.78 is 23.5. The summed E-state index contributed by atoms with van der Waals surface area (Å²) in [5.41, 5.74) is 2.32. The zero-order valence-electron chi connectivity index (χ0n) is 14.1. The Bertz CT molecular complexity index is 964. The number of anilines is 1. The van der Waals surface area contributed by atoms with Gasteiger partial charge >= 0.3 is 5.97 Å². The molecule has 0 aliphatic rings. The number of methoxy groups -OCH3 is 1. The fourth-order valence-corrected chi connectivity index (χ4v) is 2.29. The second-order valence-corrected chi connectivity index (χ2v) is 5.58. The zero-order chi connectivity index (χ0) is 18.7. The molecule has 0 saturated carbocycles. The van der Waals surface area contributed by atoms with Gasteiger partial charge in [0.25, 0.3) is 5.91 Å². The first kappa shape index (κ1) is 17.3. The van der Waals surface area contributed by atoms with Crippen LogP contribution in [-0.4, -0.2) is 24.1 Å². The minimum absolute atomic E-state index is 0.0801. The topological polar surface area (TPSA) is 81.4 Å². The lowest BCUT2D eigenvalue weighted by Crippen LogP contribution is -2.13. The van der Waals surface area contributed by atoms with E-state index in [1.807, 2.05) is 31.2 Å². The van der Waals surface area contributed by atoms with Crippen molar-refractivity contribution in [2.45, 2.75) is 6.92 Å². The number of ether oxygens (including phenoxy) is 1. The van der Waals surface area contributed by atoms with Crippen LogP contribution in [0.3, 0.4) is 0 Å². The predicted octanol–water partition coefficient (Wildman–Crippen LogP) is 3.83. The van der Waals surface area contributed by atoms with Gasteiger partial charge in [-0.25, -0.2) is 9.18 Å². The molecule has 0 unspecified atom stereocenters. The molecule has 1 heterocycles. The third-order valence-electron chi connectivity index (χ3n) is 3.72. The normalized spacial score (nSPS) is 10.4. The van der Waals surface area contributed by atoms with Crippen LogP contribution in [0.25, 0.3) is 11.3 Å². The van der Waals surface area contributed by atoms with Crippen molar-refractivity contribution in [3.05, 3.63) is 71.2 Å². The van der Waals surface area contributed by atoms with Crippen molar-refractivity contribution in [2.75, 3.05) is 12.4 Å². The zero-order valence-corrected chi connectivity index (χ0v) is 14.1. The molecule has 3 rings (SSSR count). The highest BCUT2D eigenvalue weighted by Gasteiger charge is 2.17. The summed E-state index contributed by atoms with van der Waals surface area (Å²) in [5.74, 6) is -2.09. The fourth-order valence-electron chi connectivity index (χ4n) is 2.29. The molecule has 0 fully saturated rings. The van der Waals surface area contributed by atoms with Crippen LogP contribution in [0.2, 0.25) is 0 Å². The lowest BCUT2D eigenvalue weighted by Gasteiger charge is -2.06. The van der Waals surface area contributed by atoms with Crippen molar-refractivity contribution < 1.29 is 23.2 Å². The average Bonchev–Trinajstić information content (AvgIpc) is 3.13. The van der Waals surface area contributed by atoms with E-state index in [0.29, 0.717) is 5.69 Å². The molecule has 6 nitrogen and oxygen atoms in total. The Labute approximate surface area is 148 Å². The Morgan fingerprint density at radius 1 is 1.12 bits per heavy atom. The number of aromatic nitrogens is 1. The lowest BCUT2D eigenvalue weighted by molar-refractivity contribution is 0.0600. The predicted molar refractivity (Wildman–Crippen MR) is 92.4 cm³/mol. The van der Waals surface area contributed by atoms with Gasteiger partial charge in [-0.3, -0.25) is 4.79 Å². The molecular weight excluding hydrogens is 339 g/mol. The van der Waals surface area contributed by atoms with E-state index in [0.717, 1.165) is 17.2 Å². The molecule has 0 aliphatic heterocycles. The monoisotopic (exact) mass is 354 g/mol. The molecule has 2 aromatic carbocycles. The fraction of sp³-hybridized carbons (Fsp3) is 0.105. The number of halogens is 1. The third kappa shape index (κ3) is 3.61. The Kier molecular flexibility index (Phi) is 4.79. The summed E-state index contributed by atoms with van der Waals surface area (Å²) >= 11 is 0. The van der Waals surface area contributed by atoms with E-state index in [-0.39, 0.29) is 17.0 Å². The minimum atomic E-state index is -0.690. The number of carbonyl (C=O) groups excluding carboxylic acids is 2. The molecule has 132 valence electrons. The van der Waals surface area contributed by atoms with E-state index < -0.39 is 17.7 Å². The highest BCUT2D eigenvalue weighted by molar-refractivity contribution is 6.03. The summed E-state index contributed by atoms with van der Waals surface area (Å²) in [4.78, 5) is 23.8. The van der Waals surface area contributed by atoms with E-state index in [1.54, 1.807) is 0 Å². The number of benzene rings is 2. The number of carbonyl (C=O) groups is 2. The Balaban J connectivity index is 1.81. The van der Waals surface area contributed by atoms with Crippen LogP contribution in [0.1, 0.15) is 26.5 Å². The van der Waals surface area contributed by atoms with Crippen molar-refractivity contribution in [2.24, 2.45) is 0 Å². The van der Waals surface area contributed by atoms with Crippen LogP contribution in [0.4, 0.5) is 10.1 Å². The van der Waals surface area contributed by atoms with E-state index in [2.05, 4.69) is 15.2 Å². The maximum atomic E-state index is 13.9. The highest BCUT2D eigenvalue weighted by Crippen LogP contribution is 2.22. The van der Waals surface area contributed by atoms with Crippen molar-refractivity contribution >= 4 is 17.6 Å². The third-order valence-corrected chi connectivity index (χ3v) is 3.72. The quantitative estimate of drug-likeness (QED) is 0.720. The van der Waals surface area contributed by atoms with E-state index in [1.165, 1.54) is 25.3 Å². The van der Waals surface area contributed by atoms with Crippen LogP contribution in [0, 0.1) is 12.7 Å². The highest BCUT2D eigenvalue weighted by atomic mass is 19.1. The number of nitrogens with zero attached hydrogens (tertiary/aromatic N) is 1. The Hall–Kier alpha value is -3.48. The summed E-state index contributed by atoms with van der Waals surface area (Å²) in [7, 11) is 1.21. The van der Waals surface area contributed by atoms with Crippen LogP contribution in [0.5, 0.6) is 0 Å². The second-order valence-electron chi connectivity index (χ2n) is 5.58. The first-order chi connectivity index (χ1) is 12.5. The van der Waals surface area contributed by atoms with Crippen molar-refractivity contribution in [3.63, 3.8) is 0 Å². The van der Waals surface area contributed by atoms with Crippen molar-refractivity contribution in [1.82, 2.24) is 5.16 Å². The van der Waals surface area contributed by atoms with Gasteiger partial charge in [-0.2, -0.15) is 0 Å². The van der Waals surface area contributed by atoms with Gasteiger partial charge < -0.3 is 14.6 Å². The van der Waals surface area contributed by atoms with Crippen molar-refractivity contribution in [1.29, 1.82) is 0 Å². The molecule has 3 aromatic rings. The number of hydrogen-bond donors (Lipinski definition) is 1. The van der Waals surface area contributed by atoms with Crippen LogP contribution in [-0.2, 0) is 4.74 Å².